The average molecular weight is 349 g/mol. The Kier molecular flexibility index (Phi) is 3.60. The van der Waals surface area contributed by atoms with Gasteiger partial charge in [0.1, 0.15) is 11.8 Å². The van der Waals surface area contributed by atoms with Gasteiger partial charge >= 0.3 is 6.18 Å². The van der Waals surface area contributed by atoms with Crippen LogP contribution in [0, 0.1) is 0 Å². The molecule has 130 valence electrons. The quantitative estimate of drug-likeness (QED) is 0.744. The minimum absolute atomic E-state index is 0.270. The molecule has 3 heterocycles. The number of benzene rings is 1. The molecule has 0 bridgehead atoms. The van der Waals surface area contributed by atoms with E-state index in [2.05, 4.69) is 19.9 Å². The number of aromatic nitrogens is 4. The van der Waals surface area contributed by atoms with Crippen LogP contribution in [0.1, 0.15) is 23.6 Å². The first-order valence-corrected chi connectivity index (χ1v) is 7.69. The third-order valence-corrected chi connectivity index (χ3v) is 4.35. The number of aliphatic hydroxyl groups excluding tert-OH is 1. The predicted octanol–water partition coefficient (Wildman–Crippen LogP) is 2.68. The maximum Gasteiger partial charge on any atom is 0.416 e. The molecule has 1 fully saturated rings. The molecular formula is C16H14F3N5O. The van der Waals surface area contributed by atoms with Gasteiger partial charge in [-0.05, 0) is 24.1 Å². The summed E-state index contributed by atoms with van der Waals surface area (Å²) in [5.41, 5.74) is 0.834. The smallest absolute Gasteiger partial charge is 0.391 e. The number of hydrogen-bond acceptors (Lipinski definition) is 5. The SMILES string of the molecule is O[C@@H]1C[C@@H](c2cccc(C(F)(F)F)c2)N(c2ncnc3nc[nH]c23)C1. The van der Waals surface area contributed by atoms with Crippen LogP contribution in [-0.4, -0.2) is 37.7 Å². The highest BCUT2D eigenvalue weighted by Crippen LogP contribution is 2.39. The molecule has 1 aliphatic rings. The molecule has 0 amide bonds. The number of aromatic amines is 1. The number of aliphatic hydroxyl groups is 1. The fraction of sp³-hybridized carbons (Fsp3) is 0.312. The number of H-pyrrole nitrogens is 1. The Bertz CT molecular complexity index is 910. The lowest BCUT2D eigenvalue weighted by Crippen LogP contribution is -2.25. The van der Waals surface area contributed by atoms with Crippen LogP contribution >= 0.6 is 0 Å². The molecule has 2 aromatic heterocycles. The Morgan fingerprint density at radius 3 is 2.84 bits per heavy atom. The Morgan fingerprint density at radius 1 is 1.20 bits per heavy atom. The van der Waals surface area contributed by atoms with Crippen LogP contribution in [-0.2, 0) is 6.18 Å². The molecule has 0 spiro atoms. The summed E-state index contributed by atoms with van der Waals surface area (Å²) in [4.78, 5) is 17.1. The van der Waals surface area contributed by atoms with Gasteiger partial charge in [0, 0.05) is 6.54 Å². The van der Waals surface area contributed by atoms with Crippen molar-refractivity contribution in [1.29, 1.82) is 0 Å². The monoisotopic (exact) mass is 349 g/mol. The summed E-state index contributed by atoms with van der Waals surface area (Å²) < 4.78 is 39.1. The lowest BCUT2D eigenvalue weighted by Gasteiger charge is -2.26. The molecular weight excluding hydrogens is 335 g/mol. The largest absolute Gasteiger partial charge is 0.416 e. The van der Waals surface area contributed by atoms with Crippen molar-refractivity contribution in [3.05, 3.63) is 48.0 Å². The van der Waals surface area contributed by atoms with Gasteiger partial charge in [-0.1, -0.05) is 12.1 Å². The minimum atomic E-state index is -4.41. The van der Waals surface area contributed by atoms with Gasteiger partial charge in [0.05, 0.1) is 24.0 Å². The molecule has 1 saturated heterocycles. The van der Waals surface area contributed by atoms with Gasteiger partial charge in [-0.15, -0.1) is 0 Å². The van der Waals surface area contributed by atoms with Crippen molar-refractivity contribution in [2.75, 3.05) is 11.4 Å². The Balaban J connectivity index is 1.77. The molecule has 0 aliphatic carbocycles. The lowest BCUT2D eigenvalue weighted by molar-refractivity contribution is -0.137. The molecule has 9 heteroatoms. The number of imidazole rings is 1. The van der Waals surface area contributed by atoms with E-state index in [4.69, 9.17) is 0 Å². The zero-order valence-electron chi connectivity index (χ0n) is 12.9. The van der Waals surface area contributed by atoms with Crippen molar-refractivity contribution >= 4 is 17.0 Å². The van der Waals surface area contributed by atoms with E-state index in [9.17, 15) is 18.3 Å². The summed E-state index contributed by atoms with van der Waals surface area (Å²) in [6.45, 7) is 0.270. The number of nitrogens with one attached hydrogen (secondary N) is 1. The Morgan fingerprint density at radius 2 is 2.04 bits per heavy atom. The van der Waals surface area contributed by atoms with Crippen molar-refractivity contribution in [1.82, 2.24) is 19.9 Å². The maximum atomic E-state index is 13.0. The van der Waals surface area contributed by atoms with Gasteiger partial charge < -0.3 is 15.0 Å². The third kappa shape index (κ3) is 2.80. The zero-order valence-corrected chi connectivity index (χ0v) is 12.9. The molecule has 25 heavy (non-hydrogen) atoms. The summed E-state index contributed by atoms with van der Waals surface area (Å²) >= 11 is 0. The van der Waals surface area contributed by atoms with E-state index < -0.39 is 23.9 Å². The first-order chi connectivity index (χ1) is 11.9. The van der Waals surface area contributed by atoms with Crippen molar-refractivity contribution in [2.24, 2.45) is 0 Å². The molecule has 0 unspecified atom stereocenters. The van der Waals surface area contributed by atoms with Crippen LogP contribution in [0.15, 0.2) is 36.9 Å². The van der Waals surface area contributed by atoms with Gasteiger partial charge in [0.2, 0.25) is 0 Å². The van der Waals surface area contributed by atoms with Gasteiger partial charge in [-0.25, -0.2) is 15.0 Å². The molecule has 1 aliphatic heterocycles. The van der Waals surface area contributed by atoms with Crippen molar-refractivity contribution in [3.8, 4) is 0 Å². The molecule has 2 N–H and O–H groups in total. The van der Waals surface area contributed by atoms with Crippen LogP contribution in [0.4, 0.5) is 19.0 Å². The van der Waals surface area contributed by atoms with E-state index >= 15 is 0 Å². The average Bonchev–Trinajstić information content (AvgIpc) is 3.20. The number of nitrogens with zero attached hydrogens (tertiary/aromatic N) is 4. The van der Waals surface area contributed by atoms with Crippen molar-refractivity contribution in [3.63, 3.8) is 0 Å². The summed E-state index contributed by atoms with van der Waals surface area (Å²) in [5, 5.41) is 10.1. The summed E-state index contributed by atoms with van der Waals surface area (Å²) in [7, 11) is 0. The number of fused-ring (bicyclic) bond motifs is 1. The van der Waals surface area contributed by atoms with Crippen LogP contribution in [0.25, 0.3) is 11.2 Å². The van der Waals surface area contributed by atoms with Crippen molar-refractivity contribution in [2.45, 2.75) is 24.7 Å². The number of rotatable bonds is 2. The highest BCUT2D eigenvalue weighted by molar-refractivity contribution is 5.83. The second kappa shape index (κ2) is 5.69. The molecule has 6 nitrogen and oxygen atoms in total. The predicted molar refractivity (Wildman–Crippen MR) is 83.8 cm³/mol. The van der Waals surface area contributed by atoms with E-state index in [0.29, 0.717) is 29.0 Å². The van der Waals surface area contributed by atoms with Gasteiger partial charge in [-0.3, -0.25) is 0 Å². The highest BCUT2D eigenvalue weighted by Gasteiger charge is 2.36. The van der Waals surface area contributed by atoms with E-state index in [1.54, 1.807) is 11.0 Å². The maximum absolute atomic E-state index is 13.0. The number of β-amino-alcohol motifs (C(OH)–C–C–N with tert-alkyl or cyclic N) is 1. The molecule has 4 rings (SSSR count). The van der Waals surface area contributed by atoms with Gasteiger partial charge in [0.15, 0.2) is 11.5 Å². The molecule has 0 saturated carbocycles. The number of anilines is 1. The van der Waals surface area contributed by atoms with Crippen LogP contribution in [0.3, 0.4) is 0 Å². The van der Waals surface area contributed by atoms with Crippen LogP contribution < -0.4 is 4.90 Å². The fourth-order valence-electron chi connectivity index (χ4n) is 3.26. The van der Waals surface area contributed by atoms with Crippen LogP contribution in [0.5, 0.6) is 0 Å². The normalized spacial score (nSPS) is 21.2. The third-order valence-electron chi connectivity index (χ3n) is 4.35. The highest BCUT2D eigenvalue weighted by atomic mass is 19.4. The van der Waals surface area contributed by atoms with Crippen LogP contribution in [0.2, 0.25) is 0 Å². The van der Waals surface area contributed by atoms with Gasteiger partial charge in [-0.2, -0.15) is 13.2 Å². The minimum Gasteiger partial charge on any atom is -0.391 e. The van der Waals surface area contributed by atoms with Gasteiger partial charge in [0.25, 0.3) is 0 Å². The number of alkyl halides is 3. The zero-order chi connectivity index (χ0) is 17.6. The summed E-state index contributed by atoms with van der Waals surface area (Å²) in [6, 6.07) is 4.76. The van der Waals surface area contributed by atoms with E-state index in [1.807, 2.05) is 0 Å². The topological polar surface area (TPSA) is 77.9 Å². The second-order valence-electron chi connectivity index (χ2n) is 5.98. The van der Waals surface area contributed by atoms with Crippen molar-refractivity contribution < 1.29 is 18.3 Å². The molecule has 0 radical (unpaired) electrons. The summed E-state index contributed by atoms with van der Waals surface area (Å²) in [6.07, 6.45) is -1.92. The number of halogens is 3. The standard InChI is InChI=1S/C16H14F3N5O/c17-16(18,19)10-3-1-2-9(4-10)12-5-11(25)6-24(12)15-13-14(21-7-20-13)22-8-23-15/h1-4,7-8,11-12,25H,5-6H2,(H,20,21,22,23)/t11-,12+/m1/s1. The summed E-state index contributed by atoms with van der Waals surface area (Å²) in [5.74, 6) is 0.515. The first-order valence-electron chi connectivity index (χ1n) is 7.69. The Labute approximate surface area is 140 Å². The molecule has 3 aromatic rings. The van der Waals surface area contributed by atoms with E-state index in [0.717, 1.165) is 12.1 Å². The number of hydrogen-bond donors (Lipinski definition) is 2. The fourth-order valence-corrected chi connectivity index (χ4v) is 3.26. The Hall–Kier alpha value is -2.68. The molecule has 1 aromatic carbocycles. The van der Waals surface area contributed by atoms with E-state index in [1.165, 1.54) is 18.7 Å². The first kappa shape index (κ1) is 15.8. The molecule has 2 atom stereocenters. The van der Waals surface area contributed by atoms with E-state index in [-0.39, 0.29) is 6.54 Å². The second-order valence-corrected chi connectivity index (χ2v) is 5.98. The lowest BCUT2D eigenvalue weighted by atomic mass is 10.0.